The standard InChI is InChI=1S/C19H24N2OS/c22-18(15-21-12-6-1-2-7-13-21)20-19(17-11-8-14-23-17)16-9-4-3-5-10-16/h3-5,8-11,14,19H,1-2,6-7,12-13,15H2,(H,20,22). The van der Waals surface area contributed by atoms with Gasteiger partial charge in [-0.3, -0.25) is 9.69 Å². The molecule has 1 aliphatic rings. The maximum atomic E-state index is 12.6. The summed E-state index contributed by atoms with van der Waals surface area (Å²) in [5.41, 5.74) is 1.14. The van der Waals surface area contributed by atoms with Crippen molar-refractivity contribution in [3.8, 4) is 0 Å². The lowest BCUT2D eigenvalue weighted by molar-refractivity contribution is -0.122. The van der Waals surface area contributed by atoms with Gasteiger partial charge in [-0.1, -0.05) is 49.2 Å². The van der Waals surface area contributed by atoms with E-state index in [1.165, 1.54) is 30.6 Å². The van der Waals surface area contributed by atoms with Crippen LogP contribution in [0.3, 0.4) is 0 Å². The third kappa shape index (κ3) is 4.66. The number of hydrogen-bond acceptors (Lipinski definition) is 3. The van der Waals surface area contributed by atoms with Crippen molar-refractivity contribution in [3.05, 3.63) is 58.3 Å². The zero-order valence-electron chi connectivity index (χ0n) is 13.4. The van der Waals surface area contributed by atoms with Crippen LogP contribution >= 0.6 is 11.3 Å². The molecule has 0 spiro atoms. The first-order valence-electron chi connectivity index (χ1n) is 8.43. The molecule has 4 heteroatoms. The number of carbonyl (C=O) groups is 1. The minimum absolute atomic E-state index is 0.0457. The molecule has 1 N–H and O–H groups in total. The second-order valence-corrected chi connectivity index (χ2v) is 7.10. The number of benzene rings is 1. The van der Waals surface area contributed by atoms with Gasteiger partial charge in [0, 0.05) is 4.88 Å². The first-order valence-corrected chi connectivity index (χ1v) is 9.31. The van der Waals surface area contributed by atoms with E-state index in [2.05, 4.69) is 33.8 Å². The molecular weight excluding hydrogens is 304 g/mol. The van der Waals surface area contributed by atoms with Crippen LogP contribution in [-0.2, 0) is 4.79 Å². The van der Waals surface area contributed by atoms with Crippen molar-refractivity contribution in [2.45, 2.75) is 31.7 Å². The molecular formula is C19H24N2OS. The van der Waals surface area contributed by atoms with Gasteiger partial charge in [0.05, 0.1) is 12.6 Å². The first-order chi connectivity index (χ1) is 11.3. The summed E-state index contributed by atoms with van der Waals surface area (Å²) < 4.78 is 0. The fourth-order valence-corrected chi connectivity index (χ4v) is 3.93. The van der Waals surface area contributed by atoms with Crippen LogP contribution in [0.2, 0.25) is 0 Å². The fourth-order valence-electron chi connectivity index (χ4n) is 3.12. The summed E-state index contributed by atoms with van der Waals surface area (Å²) in [7, 11) is 0. The number of nitrogens with one attached hydrogen (secondary N) is 1. The summed E-state index contributed by atoms with van der Waals surface area (Å²) in [4.78, 5) is 16.0. The van der Waals surface area contributed by atoms with E-state index in [9.17, 15) is 4.79 Å². The Morgan fingerprint density at radius 3 is 2.43 bits per heavy atom. The van der Waals surface area contributed by atoms with Gasteiger partial charge in [-0.05, 0) is 42.9 Å². The largest absolute Gasteiger partial charge is 0.343 e. The fraction of sp³-hybridized carbons (Fsp3) is 0.421. The lowest BCUT2D eigenvalue weighted by Crippen LogP contribution is -2.39. The third-order valence-electron chi connectivity index (χ3n) is 4.33. The lowest BCUT2D eigenvalue weighted by Gasteiger charge is -2.22. The van der Waals surface area contributed by atoms with Gasteiger partial charge in [-0.25, -0.2) is 0 Å². The smallest absolute Gasteiger partial charge is 0.234 e. The molecule has 1 saturated heterocycles. The minimum Gasteiger partial charge on any atom is -0.343 e. The number of thiophene rings is 1. The summed E-state index contributed by atoms with van der Waals surface area (Å²) in [6, 6.07) is 14.3. The summed E-state index contributed by atoms with van der Waals surface area (Å²) in [5, 5.41) is 5.29. The van der Waals surface area contributed by atoms with Gasteiger partial charge in [-0.15, -0.1) is 11.3 Å². The molecule has 1 aromatic carbocycles. The van der Waals surface area contributed by atoms with E-state index in [1.54, 1.807) is 11.3 Å². The summed E-state index contributed by atoms with van der Waals surface area (Å²) in [6.07, 6.45) is 5.00. The highest BCUT2D eigenvalue weighted by molar-refractivity contribution is 7.10. The molecule has 23 heavy (non-hydrogen) atoms. The van der Waals surface area contributed by atoms with E-state index >= 15 is 0 Å². The second kappa shape index (κ2) is 8.27. The second-order valence-electron chi connectivity index (χ2n) is 6.12. The van der Waals surface area contributed by atoms with Gasteiger partial charge in [0.2, 0.25) is 5.91 Å². The Kier molecular flexibility index (Phi) is 5.83. The molecule has 3 nitrogen and oxygen atoms in total. The number of nitrogens with zero attached hydrogens (tertiary/aromatic N) is 1. The van der Waals surface area contributed by atoms with Gasteiger partial charge in [0.25, 0.3) is 0 Å². The van der Waals surface area contributed by atoms with E-state index in [0.29, 0.717) is 6.54 Å². The number of likely N-dealkylation sites (tertiary alicyclic amines) is 1. The molecule has 0 radical (unpaired) electrons. The average molecular weight is 328 g/mol. The van der Waals surface area contributed by atoms with Crippen molar-refractivity contribution in [1.82, 2.24) is 10.2 Å². The molecule has 0 aliphatic carbocycles. The molecule has 2 aromatic rings. The highest BCUT2D eigenvalue weighted by Crippen LogP contribution is 2.25. The maximum Gasteiger partial charge on any atom is 0.234 e. The van der Waals surface area contributed by atoms with Crippen molar-refractivity contribution in [2.75, 3.05) is 19.6 Å². The molecule has 1 aliphatic heterocycles. The molecule has 2 heterocycles. The maximum absolute atomic E-state index is 12.6. The number of rotatable bonds is 5. The zero-order chi connectivity index (χ0) is 15.9. The Bertz CT molecular complexity index is 589. The summed E-state index contributed by atoms with van der Waals surface area (Å²) >= 11 is 1.69. The lowest BCUT2D eigenvalue weighted by atomic mass is 10.1. The van der Waals surface area contributed by atoms with Crippen molar-refractivity contribution in [2.24, 2.45) is 0 Å². The van der Waals surface area contributed by atoms with Crippen molar-refractivity contribution in [3.63, 3.8) is 0 Å². The Balaban J connectivity index is 1.67. The average Bonchev–Trinajstić information content (AvgIpc) is 2.99. The minimum atomic E-state index is -0.0457. The van der Waals surface area contributed by atoms with Crippen LogP contribution in [0.1, 0.15) is 42.2 Å². The normalized spacial score (nSPS) is 17.4. The third-order valence-corrected chi connectivity index (χ3v) is 5.27. The zero-order valence-corrected chi connectivity index (χ0v) is 14.2. The quantitative estimate of drug-likeness (QED) is 0.905. The number of amides is 1. The van der Waals surface area contributed by atoms with E-state index in [1.807, 2.05) is 24.3 Å². The SMILES string of the molecule is O=C(CN1CCCCCC1)NC(c1ccccc1)c1cccs1. The highest BCUT2D eigenvalue weighted by Gasteiger charge is 2.19. The van der Waals surface area contributed by atoms with E-state index < -0.39 is 0 Å². The molecule has 3 rings (SSSR count). The first kappa shape index (κ1) is 16.2. The molecule has 1 atom stereocenters. The van der Waals surface area contributed by atoms with Crippen LogP contribution < -0.4 is 5.32 Å². The van der Waals surface area contributed by atoms with Crippen LogP contribution in [0.15, 0.2) is 47.8 Å². The predicted octanol–water partition coefficient (Wildman–Crippen LogP) is 3.83. The van der Waals surface area contributed by atoms with E-state index in [0.717, 1.165) is 18.7 Å². The molecule has 1 amide bonds. The number of hydrogen-bond donors (Lipinski definition) is 1. The molecule has 122 valence electrons. The molecule has 1 aromatic heterocycles. The summed E-state index contributed by atoms with van der Waals surface area (Å²) in [6.45, 7) is 2.60. The monoisotopic (exact) mass is 328 g/mol. The van der Waals surface area contributed by atoms with Crippen LogP contribution in [0.4, 0.5) is 0 Å². The Hall–Kier alpha value is -1.65. The van der Waals surface area contributed by atoms with E-state index in [4.69, 9.17) is 0 Å². The topological polar surface area (TPSA) is 32.3 Å². The van der Waals surface area contributed by atoms with Crippen molar-refractivity contribution < 1.29 is 4.79 Å². The predicted molar refractivity (Wildman–Crippen MR) is 95.7 cm³/mol. The van der Waals surface area contributed by atoms with Crippen molar-refractivity contribution in [1.29, 1.82) is 0 Å². The van der Waals surface area contributed by atoms with E-state index in [-0.39, 0.29) is 11.9 Å². The number of carbonyl (C=O) groups excluding carboxylic acids is 1. The van der Waals surface area contributed by atoms with Crippen molar-refractivity contribution >= 4 is 17.2 Å². The van der Waals surface area contributed by atoms with Gasteiger partial charge < -0.3 is 5.32 Å². The van der Waals surface area contributed by atoms with Crippen LogP contribution in [0, 0.1) is 0 Å². The van der Waals surface area contributed by atoms with Crippen LogP contribution in [0.5, 0.6) is 0 Å². The van der Waals surface area contributed by atoms with Gasteiger partial charge >= 0.3 is 0 Å². The highest BCUT2D eigenvalue weighted by atomic mass is 32.1. The summed E-state index contributed by atoms with van der Waals surface area (Å²) in [5.74, 6) is 0.120. The van der Waals surface area contributed by atoms with Gasteiger partial charge in [-0.2, -0.15) is 0 Å². The Morgan fingerprint density at radius 2 is 1.78 bits per heavy atom. The molecule has 1 unspecified atom stereocenters. The Labute approximate surface area is 142 Å². The van der Waals surface area contributed by atoms with Gasteiger partial charge in [0.15, 0.2) is 0 Å². The molecule has 0 bridgehead atoms. The van der Waals surface area contributed by atoms with Crippen LogP contribution in [0.25, 0.3) is 0 Å². The van der Waals surface area contributed by atoms with Crippen LogP contribution in [-0.4, -0.2) is 30.4 Å². The van der Waals surface area contributed by atoms with Gasteiger partial charge in [0.1, 0.15) is 0 Å². The molecule has 0 saturated carbocycles. The Morgan fingerprint density at radius 1 is 1.04 bits per heavy atom. The molecule has 1 fully saturated rings.